The van der Waals surface area contributed by atoms with Gasteiger partial charge in [-0.25, -0.2) is 0 Å². The second kappa shape index (κ2) is 9.40. The summed E-state index contributed by atoms with van der Waals surface area (Å²) in [6, 6.07) is 12.7. The number of methoxy groups -OCH3 is 1. The molecule has 2 rings (SSSR count). The average Bonchev–Trinajstić information content (AvgIpc) is 2.65. The summed E-state index contributed by atoms with van der Waals surface area (Å²) in [4.78, 5) is 23.1. The normalized spacial score (nSPS) is 11.4. The van der Waals surface area contributed by atoms with Crippen molar-refractivity contribution in [2.45, 2.75) is 25.7 Å². The van der Waals surface area contributed by atoms with Crippen LogP contribution in [0.1, 0.15) is 35.4 Å². The lowest BCUT2D eigenvalue weighted by Crippen LogP contribution is -2.15. The molecule has 0 saturated heterocycles. The zero-order valence-electron chi connectivity index (χ0n) is 14.9. The number of carbonyl (C=O) groups is 2. The summed E-state index contributed by atoms with van der Waals surface area (Å²) in [5.41, 5.74) is 2.71. The molecule has 7 heteroatoms. The fourth-order valence-corrected chi connectivity index (χ4v) is 2.97. The van der Waals surface area contributed by atoms with Crippen molar-refractivity contribution >= 4 is 40.8 Å². The molecular weight excluding hydrogens is 387 g/mol. The molecule has 140 valence electrons. The van der Waals surface area contributed by atoms with E-state index in [4.69, 9.17) is 23.2 Å². The summed E-state index contributed by atoms with van der Waals surface area (Å²) in [5, 5.41) is 13.3. The van der Waals surface area contributed by atoms with Gasteiger partial charge in [-0.05, 0) is 41.8 Å². The summed E-state index contributed by atoms with van der Waals surface area (Å²) in [6.07, 6.45) is 0.0113. The third kappa shape index (κ3) is 5.46. The van der Waals surface area contributed by atoms with Gasteiger partial charge in [-0.3, -0.25) is 9.59 Å². The van der Waals surface area contributed by atoms with Crippen molar-refractivity contribution in [3.8, 4) is 6.07 Å². The van der Waals surface area contributed by atoms with Crippen LogP contribution in [0.4, 0.5) is 5.69 Å². The van der Waals surface area contributed by atoms with Gasteiger partial charge in [-0.15, -0.1) is 0 Å². The van der Waals surface area contributed by atoms with E-state index in [-0.39, 0.29) is 18.7 Å². The Hall–Kier alpha value is -2.55. The largest absolute Gasteiger partial charge is 0.469 e. The lowest BCUT2D eigenvalue weighted by atomic mass is 9.91. The summed E-state index contributed by atoms with van der Waals surface area (Å²) < 4.78 is 4.52. The Bertz CT molecular complexity index is 889. The van der Waals surface area contributed by atoms with Crippen LogP contribution in [-0.4, -0.2) is 19.0 Å². The van der Waals surface area contributed by atoms with Crippen LogP contribution in [0.25, 0.3) is 0 Å². The van der Waals surface area contributed by atoms with Crippen molar-refractivity contribution in [3.63, 3.8) is 0 Å². The number of nitriles is 1. The van der Waals surface area contributed by atoms with E-state index in [2.05, 4.69) is 16.1 Å². The number of nitrogens with zero attached hydrogens (tertiary/aromatic N) is 1. The molecule has 0 heterocycles. The number of aryl methyl sites for hydroxylation is 1. The van der Waals surface area contributed by atoms with Crippen molar-refractivity contribution in [2.75, 3.05) is 12.4 Å². The van der Waals surface area contributed by atoms with Gasteiger partial charge in [-0.2, -0.15) is 5.26 Å². The van der Waals surface area contributed by atoms with Crippen LogP contribution in [0.5, 0.6) is 0 Å². The van der Waals surface area contributed by atoms with E-state index in [0.29, 0.717) is 21.3 Å². The maximum atomic E-state index is 12.0. The number of hydrogen-bond donors (Lipinski definition) is 1. The van der Waals surface area contributed by atoms with Gasteiger partial charge < -0.3 is 10.1 Å². The fraction of sp³-hybridized carbons (Fsp3) is 0.250. The molecule has 2 aromatic rings. The van der Waals surface area contributed by atoms with E-state index in [1.54, 1.807) is 36.4 Å². The molecule has 0 unspecified atom stereocenters. The van der Waals surface area contributed by atoms with Crippen molar-refractivity contribution in [1.82, 2.24) is 0 Å². The first-order valence-corrected chi connectivity index (χ1v) is 8.93. The van der Waals surface area contributed by atoms with Gasteiger partial charge in [0.25, 0.3) is 0 Å². The Labute approximate surface area is 167 Å². The lowest BCUT2D eigenvalue weighted by Gasteiger charge is -2.16. The highest BCUT2D eigenvalue weighted by Crippen LogP contribution is 2.34. The maximum Gasteiger partial charge on any atom is 0.306 e. The topological polar surface area (TPSA) is 79.2 Å². The number of halogens is 2. The second-order valence-electron chi connectivity index (χ2n) is 5.93. The van der Waals surface area contributed by atoms with Crippen LogP contribution >= 0.6 is 23.2 Å². The number of nitrogens with one attached hydrogen (secondary N) is 1. The molecule has 0 fully saturated rings. The van der Waals surface area contributed by atoms with Gasteiger partial charge in [0.1, 0.15) is 0 Å². The van der Waals surface area contributed by atoms with Gasteiger partial charge in [0, 0.05) is 22.2 Å². The molecule has 0 aromatic heterocycles. The van der Waals surface area contributed by atoms with Crippen molar-refractivity contribution < 1.29 is 14.3 Å². The number of anilines is 1. The quantitative estimate of drug-likeness (QED) is 0.697. The van der Waals surface area contributed by atoms with E-state index in [1.807, 2.05) is 6.92 Å². The highest BCUT2D eigenvalue weighted by Gasteiger charge is 2.19. The summed E-state index contributed by atoms with van der Waals surface area (Å²) in [7, 11) is 1.27. The number of hydrogen-bond acceptors (Lipinski definition) is 4. The molecule has 1 amide bonds. The SMILES string of the molecule is COC(=O)CCC(=O)Nc1cc(Cl)c([C@H](C#N)c2ccc(Cl)cc2)cc1C. The van der Waals surface area contributed by atoms with Crippen molar-refractivity contribution in [3.05, 3.63) is 63.1 Å². The molecule has 1 N–H and O–H groups in total. The minimum atomic E-state index is -0.558. The zero-order valence-corrected chi connectivity index (χ0v) is 16.4. The first kappa shape index (κ1) is 20.8. The summed E-state index contributed by atoms with van der Waals surface area (Å²) in [6.45, 7) is 1.81. The van der Waals surface area contributed by atoms with E-state index in [9.17, 15) is 14.9 Å². The predicted molar refractivity (Wildman–Crippen MR) is 105 cm³/mol. The summed E-state index contributed by atoms with van der Waals surface area (Å²) in [5.74, 6) is -1.32. The third-order valence-corrected chi connectivity index (χ3v) is 4.62. The van der Waals surface area contributed by atoms with Crippen molar-refractivity contribution in [1.29, 1.82) is 5.26 Å². The minimum Gasteiger partial charge on any atom is -0.469 e. The Morgan fingerprint density at radius 2 is 1.85 bits per heavy atom. The number of rotatable bonds is 6. The van der Waals surface area contributed by atoms with Crippen LogP contribution in [0, 0.1) is 18.3 Å². The van der Waals surface area contributed by atoms with Crippen LogP contribution < -0.4 is 5.32 Å². The predicted octanol–water partition coefficient (Wildman–Crippen LogP) is 4.85. The molecular formula is C20H18Cl2N2O3. The average molecular weight is 405 g/mol. The first-order chi connectivity index (χ1) is 12.8. The molecule has 0 aliphatic carbocycles. The minimum absolute atomic E-state index is 0.000268. The molecule has 0 spiro atoms. The fourth-order valence-electron chi connectivity index (χ4n) is 2.57. The lowest BCUT2D eigenvalue weighted by molar-refractivity contribution is -0.141. The summed E-state index contributed by atoms with van der Waals surface area (Å²) >= 11 is 12.3. The van der Waals surface area contributed by atoms with Gasteiger partial charge in [0.2, 0.25) is 5.91 Å². The van der Waals surface area contributed by atoms with Crippen LogP contribution in [0.3, 0.4) is 0 Å². The number of carbonyl (C=O) groups excluding carboxylic acids is 2. The third-order valence-electron chi connectivity index (χ3n) is 4.05. The highest BCUT2D eigenvalue weighted by molar-refractivity contribution is 6.32. The van der Waals surface area contributed by atoms with Crippen LogP contribution in [-0.2, 0) is 14.3 Å². The Morgan fingerprint density at radius 3 is 2.44 bits per heavy atom. The molecule has 0 radical (unpaired) electrons. The van der Waals surface area contributed by atoms with E-state index in [0.717, 1.165) is 11.1 Å². The molecule has 0 aliphatic rings. The highest BCUT2D eigenvalue weighted by atomic mass is 35.5. The van der Waals surface area contributed by atoms with E-state index in [1.165, 1.54) is 7.11 Å². The van der Waals surface area contributed by atoms with Crippen molar-refractivity contribution in [2.24, 2.45) is 0 Å². The van der Waals surface area contributed by atoms with Gasteiger partial charge in [0.15, 0.2) is 0 Å². The van der Waals surface area contributed by atoms with Gasteiger partial charge in [0.05, 0.1) is 25.5 Å². The molecule has 27 heavy (non-hydrogen) atoms. The first-order valence-electron chi connectivity index (χ1n) is 8.17. The van der Waals surface area contributed by atoms with Crippen LogP contribution in [0.15, 0.2) is 36.4 Å². The number of ether oxygens (including phenoxy) is 1. The zero-order chi connectivity index (χ0) is 20.0. The number of amides is 1. The molecule has 0 bridgehead atoms. The standard InChI is InChI=1S/C20H18Cl2N2O3/c1-12-9-15(16(11-23)13-3-5-14(21)6-4-13)17(22)10-18(12)24-19(25)7-8-20(26)27-2/h3-6,9-10,16H,7-8H2,1-2H3,(H,24,25)/t16-/m1/s1. The monoisotopic (exact) mass is 404 g/mol. The van der Waals surface area contributed by atoms with Gasteiger partial charge in [-0.1, -0.05) is 41.4 Å². The molecule has 2 aromatic carbocycles. The van der Waals surface area contributed by atoms with Crippen LogP contribution in [0.2, 0.25) is 10.0 Å². The Kier molecular flexibility index (Phi) is 7.23. The number of esters is 1. The molecule has 0 saturated carbocycles. The van der Waals surface area contributed by atoms with E-state index >= 15 is 0 Å². The molecule has 1 atom stereocenters. The Balaban J connectivity index is 2.23. The molecule has 0 aliphatic heterocycles. The second-order valence-corrected chi connectivity index (χ2v) is 6.77. The Morgan fingerprint density at radius 1 is 1.19 bits per heavy atom. The number of benzene rings is 2. The maximum absolute atomic E-state index is 12.0. The molecule has 5 nitrogen and oxygen atoms in total. The smallest absolute Gasteiger partial charge is 0.306 e. The van der Waals surface area contributed by atoms with Gasteiger partial charge >= 0.3 is 5.97 Å². The van der Waals surface area contributed by atoms with E-state index < -0.39 is 11.9 Å².